The van der Waals surface area contributed by atoms with Crippen LogP contribution in [0.3, 0.4) is 0 Å². The Kier molecular flexibility index (Phi) is 5.79. The largest absolute Gasteiger partial charge is 0.481 e. The molecule has 0 aliphatic heterocycles. The van der Waals surface area contributed by atoms with Gasteiger partial charge in [-0.05, 0) is 37.1 Å². The second-order valence-electron chi connectivity index (χ2n) is 5.76. The van der Waals surface area contributed by atoms with E-state index in [1.807, 2.05) is 17.5 Å². The minimum atomic E-state index is -0.768. The van der Waals surface area contributed by atoms with E-state index < -0.39 is 5.97 Å². The van der Waals surface area contributed by atoms with Crippen LogP contribution >= 0.6 is 11.3 Å². The SMILES string of the molecule is CCCC(NC(=O)C1CCCC(C(=O)O)C1)c1cccs1. The molecule has 116 valence electrons. The highest BCUT2D eigenvalue weighted by Crippen LogP contribution is 2.31. The molecule has 1 aromatic heterocycles. The van der Waals surface area contributed by atoms with Crippen LogP contribution in [0, 0.1) is 11.8 Å². The standard InChI is InChI=1S/C16H23NO3S/c1-2-5-13(14-8-4-9-21-14)17-15(18)11-6-3-7-12(10-11)16(19)20/h4,8-9,11-13H,2-3,5-7,10H2,1H3,(H,17,18)(H,19,20). The average Bonchev–Trinajstić information content (AvgIpc) is 3.01. The zero-order valence-electron chi connectivity index (χ0n) is 12.4. The van der Waals surface area contributed by atoms with E-state index in [2.05, 4.69) is 12.2 Å². The first kappa shape index (κ1) is 16.0. The molecule has 1 aromatic rings. The minimum absolute atomic E-state index is 0.0211. The van der Waals surface area contributed by atoms with Gasteiger partial charge in [-0.15, -0.1) is 11.3 Å². The summed E-state index contributed by atoms with van der Waals surface area (Å²) in [7, 11) is 0. The lowest BCUT2D eigenvalue weighted by molar-refractivity contribution is -0.144. The number of nitrogens with one attached hydrogen (secondary N) is 1. The molecule has 1 fully saturated rings. The summed E-state index contributed by atoms with van der Waals surface area (Å²) in [4.78, 5) is 24.7. The van der Waals surface area contributed by atoms with Crippen LogP contribution in [0.25, 0.3) is 0 Å². The van der Waals surface area contributed by atoms with E-state index in [1.54, 1.807) is 11.3 Å². The Labute approximate surface area is 129 Å². The van der Waals surface area contributed by atoms with E-state index in [4.69, 9.17) is 5.11 Å². The highest BCUT2D eigenvalue weighted by Gasteiger charge is 2.31. The molecule has 1 aliphatic carbocycles. The summed E-state index contributed by atoms with van der Waals surface area (Å²) in [5.74, 6) is -1.26. The van der Waals surface area contributed by atoms with Crippen LogP contribution in [-0.4, -0.2) is 17.0 Å². The molecule has 3 atom stereocenters. The Bertz CT molecular complexity index is 472. The van der Waals surface area contributed by atoms with Crippen LogP contribution in [0.5, 0.6) is 0 Å². The minimum Gasteiger partial charge on any atom is -0.481 e. The predicted molar refractivity (Wildman–Crippen MR) is 83.2 cm³/mol. The molecule has 2 rings (SSSR count). The number of carbonyl (C=O) groups is 2. The van der Waals surface area contributed by atoms with Crippen molar-refractivity contribution in [1.29, 1.82) is 0 Å². The van der Waals surface area contributed by atoms with Crippen molar-refractivity contribution in [3.05, 3.63) is 22.4 Å². The number of rotatable bonds is 6. The summed E-state index contributed by atoms with van der Waals surface area (Å²) in [5, 5.41) is 14.3. The Hall–Kier alpha value is -1.36. The molecule has 1 heterocycles. The van der Waals surface area contributed by atoms with Gasteiger partial charge in [-0.3, -0.25) is 9.59 Å². The van der Waals surface area contributed by atoms with Crippen molar-refractivity contribution in [3.8, 4) is 0 Å². The van der Waals surface area contributed by atoms with Gasteiger partial charge in [0.25, 0.3) is 0 Å². The van der Waals surface area contributed by atoms with Gasteiger partial charge in [0, 0.05) is 10.8 Å². The molecule has 0 radical (unpaired) electrons. The van der Waals surface area contributed by atoms with Crippen LogP contribution in [0.2, 0.25) is 0 Å². The van der Waals surface area contributed by atoms with Crippen LogP contribution < -0.4 is 5.32 Å². The summed E-state index contributed by atoms with van der Waals surface area (Å²) in [6.07, 6.45) is 4.73. The molecule has 0 bridgehead atoms. The maximum atomic E-state index is 12.4. The maximum Gasteiger partial charge on any atom is 0.306 e. The molecular formula is C16H23NO3S. The summed E-state index contributed by atoms with van der Waals surface area (Å²) in [6.45, 7) is 2.10. The number of carbonyl (C=O) groups excluding carboxylic acids is 1. The molecule has 21 heavy (non-hydrogen) atoms. The number of amides is 1. The number of carboxylic acids is 1. The molecule has 4 nitrogen and oxygen atoms in total. The van der Waals surface area contributed by atoms with Crippen molar-refractivity contribution in [2.45, 2.75) is 51.5 Å². The normalized spacial score (nSPS) is 23.5. The zero-order chi connectivity index (χ0) is 15.2. The number of aliphatic carboxylic acids is 1. The summed E-state index contributed by atoms with van der Waals surface area (Å²) in [6, 6.07) is 4.11. The van der Waals surface area contributed by atoms with Crippen molar-refractivity contribution in [2.75, 3.05) is 0 Å². The number of thiophene rings is 1. The topological polar surface area (TPSA) is 66.4 Å². The lowest BCUT2D eigenvalue weighted by Gasteiger charge is -2.27. The smallest absolute Gasteiger partial charge is 0.306 e. The van der Waals surface area contributed by atoms with Gasteiger partial charge in [-0.25, -0.2) is 0 Å². The van der Waals surface area contributed by atoms with E-state index >= 15 is 0 Å². The lowest BCUT2D eigenvalue weighted by Crippen LogP contribution is -2.37. The molecule has 1 amide bonds. The Morgan fingerprint density at radius 3 is 2.81 bits per heavy atom. The van der Waals surface area contributed by atoms with Gasteiger partial charge in [-0.2, -0.15) is 0 Å². The van der Waals surface area contributed by atoms with Gasteiger partial charge in [-0.1, -0.05) is 25.8 Å². The summed E-state index contributed by atoms with van der Waals surface area (Å²) >= 11 is 1.66. The first-order valence-corrected chi connectivity index (χ1v) is 8.56. The van der Waals surface area contributed by atoms with Gasteiger partial charge < -0.3 is 10.4 Å². The van der Waals surface area contributed by atoms with Crippen LogP contribution in [0.1, 0.15) is 56.4 Å². The van der Waals surface area contributed by atoms with Crippen LogP contribution in [-0.2, 0) is 9.59 Å². The van der Waals surface area contributed by atoms with Crippen LogP contribution in [0.15, 0.2) is 17.5 Å². The van der Waals surface area contributed by atoms with Crippen molar-refractivity contribution in [1.82, 2.24) is 5.32 Å². The fraction of sp³-hybridized carbons (Fsp3) is 0.625. The number of hydrogen-bond acceptors (Lipinski definition) is 3. The second kappa shape index (κ2) is 7.59. The number of hydrogen-bond donors (Lipinski definition) is 2. The van der Waals surface area contributed by atoms with Crippen LogP contribution in [0.4, 0.5) is 0 Å². The first-order chi connectivity index (χ1) is 10.1. The van der Waals surface area contributed by atoms with Gasteiger partial charge in [0.05, 0.1) is 12.0 Å². The highest BCUT2D eigenvalue weighted by atomic mass is 32.1. The highest BCUT2D eigenvalue weighted by molar-refractivity contribution is 7.10. The lowest BCUT2D eigenvalue weighted by atomic mass is 9.81. The van der Waals surface area contributed by atoms with E-state index in [0.717, 1.165) is 25.7 Å². The van der Waals surface area contributed by atoms with E-state index in [0.29, 0.717) is 12.8 Å². The Morgan fingerprint density at radius 2 is 2.19 bits per heavy atom. The molecule has 3 unspecified atom stereocenters. The number of carboxylic acid groups (broad SMARTS) is 1. The van der Waals surface area contributed by atoms with Gasteiger partial charge in [0.2, 0.25) is 5.91 Å². The zero-order valence-corrected chi connectivity index (χ0v) is 13.2. The van der Waals surface area contributed by atoms with E-state index in [9.17, 15) is 9.59 Å². The molecular weight excluding hydrogens is 286 g/mol. The third-order valence-corrected chi connectivity index (χ3v) is 5.16. The Morgan fingerprint density at radius 1 is 1.43 bits per heavy atom. The summed E-state index contributed by atoms with van der Waals surface area (Å²) in [5.41, 5.74) is 0. The predicted octanol–water partition coefficient (Wildman–Crippen LogP) is 3.60. The molecule has 0 aromatic carbocycles. The third kappa shape index (κ3) is 4.30. The van der Waals surface area contributed by atoms with Crippen molar-refractivity contribution in [3.63, 3.8) is 0 Å². The van der Waals surface area contributed by atoms with Gasteiger partial charge in [0.1, 0.15) is 0 Å². The molecule has 5 heteroatoms. The summed E-state index contributed by atoms with van der Waals surface area (Å²) < 4.78 is 0. The average molecular weight is 309 g/mol. The maximum absolute atomic E-state index is 12.4. The third-order valence-electron chi connectivity index (χ3n) is 4.17. The molecule has 1 aliphatic rings. The van der Waals surface area contributed by atoms with Gasteiger partial charge in [0.15, 0.2) is 0 Å². The van der Waals surface area contributed by atoms with Gasteiger partial charge >= 0.3 is 5.97 Å². The molecule has 1 saturated carbocycles. The molecule has 0 saturated heterocycles. The fourth-order valence-corrected chi connectivity index (χ4v) is 3.82. The van der Waals surface area contributed by atoms with Crippen molar-refractivity contribution in [2.24, 2.45) is 11.8 Å². The van der Waals surface area contributed by atoms with E-state index in [-0.39, 0.29) is 23.8 Å². The quantitative estimate of drug-likeness (QED) is 0.844. The first-order valence-electron chi connectivity index (χ1n) is 7.68. The monoisotopic (exact) mass is 309 g/mol. The van der Waals surface area contributed by atoms with E-state index in [1.165, 1.54) is 4.88 Å². The fourth-order valence-electron chi connectivity index (χ4n) is 3.01. The molecule has 0 spiro atoms. The van der Waals surface area contributed by atoms with Crippen molar-refractivity contribution < 1.29 is 14.7 Å². The second-order valence-corrected chi connectivity index (χ2v) is 6.74. The molecule has 2 N–H and O–H groups in total. The van der Waals surface area contributed by atoms with Crippen molar-refractivity contribution >= 4 is 23.2 Å². The Balaban J connectivity index is 1.97.